The Morgan fingerprint density at radius 1 is 0.923 bits per heavy atom. The van der Waals surface area contributed by atoms with Crippen LogP contribution in [0.15, 0.2) is 18.2 Å². The van der Waals surface area contributed by atoms with Gasteiger partial charge >= 0.3 is 0 Å². The number of benzene rings is 1. The van der Waals surface area contributed by atoms with E-state index in [1.165, 1.54) is 5.19 Å². The van der Waals surface area contributed by atoms with Crippen molar-refractivity contribution in [1.82, 2.24) is 0 Å². The Labute approximate surface area is 81.1 Å². The van der Waals surface area contributed by atoms with Crippen molar-refractivity contribution in [3.63, 3.8) is 0 Å². The SMILES string of the molecule is COc1cc(OC)cc([SiH](C)C)c1. The first kappa shape index (κ1) is 10.1. The van der Waals surface area contributed by atoms with Gasteiger partial charge in [-0.1, -0.05) is 18.3 Å². The van der Waals surface area contributed by atoms with Crippen LogP contribution < -0.4 is 14.7 Å². The summed E-state index contributed by atoms with van der Waals surface area (Å²) < 4.78 is 10.4. The maximum Gasteiger partial charge on any atom is 0.122 e. The molecule has 0 heterocycles. The molecule has 13 heavy (non-hydrogen) atoms. The number of rotatable bonds is 3. The molecule has 1 aromatic rings. The van der Waals surface area contributed by atoms with Gasteiger partial charge in [-0.25, -0.2) is 0 Å². The first-order valence-corrected chi connectivity index (χ1v) is 7.29. The average Bonchev–Trinajstić information content (AvgIpc) is 2.16. The summed E-state index contributed by atoms with van der Waals surface area (Å²) >= 11 is 0. The fourth-order valence-corrected chi connectivity index (χ4v) is 2.16. The lowest BCUT2D eigenvalue weighted by molar-refractivity contribution is 0.395. The van der Waals surface area contributed by atoms with Crippen molar-refractivity contribution in [1.29, 1.82) is 0 Å². The second-order valence-electron chi connectivity index (χ2n) is 3.30. The Bertz CT molecular complexity index is 262. The molecule has 0 radical (unpaired) electrons. The fourth-order valence-electron chi connectivity index (χ4n) is 1.16. The average molecular weight is 196 g/mol. The van der Waals surface area contributed by atoms with Crippen LogP contribution in [0.5, 0.6) is 11.5 Å². The molecule has 72 valence electrons. The molecule has 1 rings (SSSR count). The molecule has 0 saturated carbocycles. The third kappa shape index (κ3) is 2.49. The van der Waals surface area contributed by atoms with Crippen molar-refractivity contribution in [3.05, 3.63) is 18.2 Å². The van der Waals surface area contributed by atoms with Gasteiger partial charge in [0.1, 0.15) is 11.5 Å². The molecule has 0 unspecified atom stereocenters. The van der Waals surface area contributed by atoms with Crippen LogP contribution in [0, 0.1) is 0 Å². The topological polar surface area (TPSA) is 18.5 Å². The van der Waals surface area contributed by atoms with Crippen molar-refractivity contribution in [2.75, 3.05) is 14.2 Å². The molecule has 0 aliphatic heterocycles. The molecule has 1 aromatic carbocycles. The molecule has 3 heteroatoms. The Morgan fingerprint density at radius 3 is 1.69 bits per heavy atom. The Hall–Kier alpha value is -0.963. The molecule has 0 aliphatic carbocycles. The highest BCUT2D eigenvalue weighted by molar-refractivity contribution is 6.70. The summed E-state index contributed by atoms with van der Waals surface area (Å²) in [5, 5.41) is 1.37. The second-order valence-corrected chi connectivity index (χ2v) is 6.28. The molecular formula is C10H16O2Si. The summed E-state index contributed by atoms with van der Waals surface area (Å²) in [6, 6.07) is 6.10. The molecule has 0 saturated heterocycles. The van der Waals surface area contributed by atoms with Gasteiger partial charge in [0.2, 0.25) is 0 Å². The summed E-state index contributed by atoms with van der Waals surface area (Å²) in [6.07, 6.45) is 0. The van der Waals surface area contributed by atoms with Gasteiger partial charge in [-0.3, -0.25) is 0 Å². The number of hydrogen-bond acceptors (Lipinski definition) is 2. The highest BCUT2D eigenvalue weighted by Gasteiger charge is 2.05. The van der Waals surface area contributed by atoms with Gasteiger partial charge in [-0.05, 0) is 12.1 Å². The number of methoxy groups -OCH3 is 2. The second kappa shape index (κ2) is 4.32. The Kier molecular flexibility index (Phi) is 3.37. The molecule has 0 bridgehead atoms. The van der Waals surface area contributed by atoms with Crippen molar-refractivity contribution < 1.29 is 9.47 Å². The minimum Gasteiger partial charge on any atom is -0.497 e. The lowest BCUT2D eigenvalue weighted by Gasteiger charge is -2.09. The van der Waals surface area contributed by atoms with Crippen LogP contribution in [0.1, 0.15) is 0 Å². The monoisotopic (exact) mass is 196 g/mol. The Balaban J connectivity index is 3.07. The van der Waals surface area contributed by atoms with Crippen LogP contribution in [-0.4, -0.2) is 23.0 Å². The normalized spacial score (nSPS) is 10.2. The van der Waals surface area contributed by atoms with Gasteiger partial charge in [0.15, 0.2) is 0 Å². The van der Waals surface area contributed by atoms with Crippen LogP contribution in [-0.2, 0) is 0 Å². The highest BCUT2D eigenvalue weighted by atomic mass is 28.3. The summed E-state index contributed by atoms with van der Waals surface area (Å²) in [5.41, 5.74) is 0. The van der Waals surface area contributed by atoms with Crippen LogP contribution >= 0.6 is 0 Å². The van der Waals surface area contributed by atoms with E-state index in [0.717, 1.165) is 11.5 Å². The van der Waals surface area contributed by atoms with Crippen LogP contribution in [0.4, 0.5) is 0 Å². The third-order valence-electron chi connectivity index (χ3n) is 2.04. The molecule has 0 spiro atoms. The fraction of sp³-hybridized carbons (Fsp3) is 0.400. The summed E-state index contributed by atoms with van der Waals surface area (Å²) in [5.74, 6) is 1.77. The highest BCUT2D eigenvalue weighted by Crippen LogP contribution is 2.17. The van der Waals surface area contributed by atoms with Gasteiger partial charge in [0.25, 0.3) is 0 Å². The maximum atomic E-state index is 5.19. The summed E-state index contributed by atoms with van der Waals surface area (Å²) in [6.45, 7) is 4.57. The predicted octanol–water partition coefficient (Wildman–Crippen LogP) is 1.40. The maximum absolute atomic E-state index is 5.19. The first-order chi connectivity index (χ1) is 6.17. The van der Waals surface area contributed by atoms with E-state index in [4.69, 9.17) is 9.47 Å². The van der Waals surface area contributed by atoms with E-state index in [2.05, 4.69) is 25.2 Å². The molecule has 2 nitrogen and oxygen atoms in total. The van der Waals surface area contributed by atoms with Crippen LogP contribution in [0.3, 0.4) is 0 Å². The van der Waals surface area contributed by atoms with Gasteiger partial charge in [-0.2, -0.15) is 0 Å². The lowest BCUT2D eigenvalue weighted by atomic mass is 10.3. The lowest BCUT2D eigenvalue weighted by Crippen LogP contribution is -2.22. The van der Waals surface area contributed by atoms with Crippen molar-refractivity contribution in [3.8, 4) is 11.5 Å². The quantitative estimate of drug-likeness (QED) is 0.680. The smallest absolute Gasteiger partial charge is 0.122 e. The summed E-state index contributed by atoms with van der Waals surface area (Å²) in [4.78, 5) is 0. The Morgan fingerprint density at radius 2 is 1.38 bits per heavy atom. The van der Waals surface area contributed by atoms with E-state index < -0.39 is 8.80 Å². The zero-order valence-corrected chi connectivity index (χ0v) is 9.78. The molecule has 0 N–H and O–H groups in total. The number of hydrogen-bond donors (Lipinski definition) is 0. The van der Waals surface area contributed by atoms with Gasteiger partial charge in [0.05, 0.1) is 23.0 Å². The standard InChI is InChI=1S/C10H16O2Si/c1-11-8-5-9(12-2)7-10(6-8)13(3)4/h5-7,13H,1-4H3. The van der Waals surface area contributed by atoms with Crippen molar-refractivity contribution >= 4 is 14.0 Å². The van der Waals surface area contributed by atoms with Crippen LogP contribution in [0.2, 0.25) is 13.1 Å². The molecular weight excluding hydrogens is 180 g/mol. The van der Waals surface area contributed by atoms with E-state index in [1.807, 2.05) is 6.07 Å². The van der Waals surface area contributed by atoms with E-state index in [9.17, 15) is 0 Å². The minimum absolute atomic E-state index is 0.773. The number of ether oxygens (including phenoxy) is 2. The van der Waals surface area contributed by atoms with Crippen molar-refractivity contribution in [2.45, 2.75) is 13.1 Å². The minimum atomic E-state index is -0.773. The van der Waals surface area contributed by atoms with Crippen molar-refractivity contribution in [2.24, 2.45) is 0 Å². The van der Waals surface area contributed by atoms with Gasteiger partial charge in [0, 0.05) is 6.07 Å². The van der Waals surface area contributed by atoms with Gasteiger partial charge < -0.3 is 9.47 Å². The third-order valence-corrected chi connectivity index (χ3v) is 3.71. The largest absolute Gasteiger partial charge is 0.497 e. The zero-order valence-electron chi connectivity index (χ0n) is 8.63. The summed E-state index contributed by atoms with van der Waals surface area (Å²) in [7, 11) is 2.59. The molecule has 0 fully saturated rings. The molecule has 0 amide bonds. The van der Waals surface area contributed by atoms with Gasteiger partial charge in [-0.15, -0.1) is 0 Å². The van der Waals surface area contributed by atoms with Crippen LogP contribution in [0.25, 0.3) is 0 Å². The van der Waals surface area contributed by atoms with E-state index in [-0.39, 0.29) is 0 Å². The molecule has 0 aliphatic rings. The van der Waals surface area contributed by atoms with E-state index in [0.29, 0.717) is 0 Å². The zero-order chi connectivity index (χ0) is 9.84. The predicted molar refractivity (Wildman–Crippen MR) is 58.1 cm³/mol. The van der Waals surface area contributed by atoms with E-state index in [1.54, 1.807) is 14.2 Å². The molecule has 0 aromatic heterocycles. The first-order valence-electron chi connectivity index (χ1n) is 4.40. The molecule has 0 atom stereocenters. The van der Waals surface area contributed by atoms with E-state index >= 15 is 0 Å².